The maximum absolute atomic E-state index is 12.7. The minimum atomic E-state index is -1.98. The Labute approximate surface area is 280 Å². The molecule has 2 fully saturated rings. The van der Waals surface area contributed by atoms with Crippen LogP contribution in [0.15, 0.2) is 48.6 Å². The summed E-state index contributed by atoms with van der Waals surface area (Å²) in [5, 5.41) is 82.8. The maximum atomic E-state index is 12.7. The Morgan fingerprint density at radius 3 is 1.96 bits per heavy atom. The molecule has 1 aliphatic carbocycles. The smallest absolute Gasteiger partial charge is 0.331 e. The third-order valence-corrected chi connectivity index (χ3v) is 8.32. The molecule has 1 heterocycles. The summed E-state index contributed by atoms with van der Waals surface area (Å²) >= 11 is 0. The minimum absolute atomic E-state index is 0.0968. The summed E-state index contributed by atoms with van der Waals surface area (Å²) in [7, 11) is 2.72. The van der Waals surface area contributed by atoms with Gasteiger partial charge in [0, 0.05) is 24.7 Å². The van der Waals surface area contributed by atoms with Crippen molar-refractivity contribution in [3.8, 4) is 23.0 Å². The molecule has 16 nitrogen and oxygen atoms in total. The molecular formula is C33H40O16. The van der Waals surface area contributed by atoms with Gasteiger partial charge in [0.15, 0.2) is 29.3 Å². The molecule has 0 spiro atoms. The third kappa shape index (κ3) is 8.67. The van der Waals surface area contributed by atoms with Crippen LogP contribution < -0.4 is 9.47 Å². The van der Waals surface area contributed by atoms with Crippen LogP contribution in [0.1, 0.15) is 17.5 Å². The molecule has 0 bridgehead atoms. The highest BCUT2D eigenvalue weighted by Crippen LogP contribution is 2.42. The average Bonchev–Trinajstić information content (AvgIpc) is 3.36. The summed E-state index contributed by atoms with van der Waals surface area (Å²) in [6.45, 7) is -2.11. The Morgan fingerprint density at radius 2 is 1.43 bits per heavy atom. The topological polar surface area (TPSA) is 251 Å². The van der Waals surface area contributed by atoms with Crippen LogP contribution in [0, 0.1) is 5.92 Å². The number of benzene rings is 2. The summed E-state index contributed by atoms with van der Waals surface area (Å²) in [6.07, 6.45) is -7.34. The van der Waals surface area contributed by atoms with E-state index in [2.05, 4.69) is 0 Å². The second kappa shape index (κ2) is 16.4. The first-order valence-corrected chi connectivity index (χ1v) is 15.1. The Hall–Kier alpha value is -4.26. The number of hydrogen-bond acceptors (Lipinski definition) is 16. The molecule has 4 rings (SSSR count). The second-order valence-electron chi connectivity index (χ2n) is 11.5. The minimum Gasteiger partial charge on any atom is -0.504 e. The van der Waals surface area contributed by atoms with Gasteiger partial charge in [0.1, 0.15) is 48.8 Å². The Kier molecular flexibility index (Phi) is 12.6. The molecule has 0 unspecified atom stereocenters. The zero-order valence-electron chi connectivity index (χ0n) is 26.6. The van der Waals surface area contributed by atoms with E-state index in [4.69, 9.17) is 28.4 Å². The van der Waals surface area contributed by atoms with Crippen LogP contribution in [-0.2, 0) is 28.5 Å². The molecular weight excluding hydrogens is 652 g/mol. The molecule has 9 atom stereocenters. The van der Waals surface area contributed by atoms with Crippen molar-refractivity contribution < 1.29 is 78.9 Å². The largest absolute Gasteiger partial charge is 0.504 e. The highest BCUT2D eigenvalue weighted by Gasteiger charge is 2.58. The summed E-state index contributed by atoms with van der Waals surface area (Å²) in [6, 6.07) is 8.69. The van der Waals surface area contributed by atoms with Crippen LogP contribution in [-0.4, -0.2) is 135 Å². The van der Waals surface area contributed by atoms with E-state index >= 15 is 0 Å². The van der Waals surface area contributed by atoms with E-state index in [1.54, 1.807) is 0 Å². The number of aromatic hydroxyl groups is 2. The number of esters is 2. The standard InChI is InChI=1S/C33H40O16/c1-44-22-11-17(3-7-20(22)36)5-9-25(38)46-15-24-27(40)28(41)29(42)32(47-24)49-33(16-35)13-19(14-34)30(31(33)43)48-26(39)10-6-18-4-8-21(37)23(12-18)45-2/h3-12,19,24,27-32,34-37,40-43H,13-16H2,1-2H3/t19-,24-,27-,28+,29-,30-,31+,32-,33+/m1/s1. The predicted octanol–water partition coefficient (Wildman–Crippen LogP) is -0.775. The first kappa shape index (κ1) is 37.6. The highest BCUT2D eigenvalue weighted by atomic mass is 16.7. The molecule has 0 aromatic heterocycles. The van der Waals surface area contributed by atoms with E-state index in [9.17, 15) is 50.4 Å². The van der Waals surface area contributed by atoms with E-state index in [0.717, 1.165) is 12.2 Å². The fourth-order valence-corrected chi connectivity index (χ4v) is 5.57. The van der Waals surface area contributed by atoms with E-state index in [1.807, 2.05) is 0 Å². The van der Waals surface area contributed by atoms with Gasteiger partial charge < -0.3 is 69.3 Å². The number of rotatable bonds is 13. The highest BCUT2D eigenvalue weighted by molar-refractivity contribution is 5.88. The van der Waals surface area contributed by atoms with Gasteiger partial charge in [-0.15, -0.1) is 0 Å². The van der Waals surface area contributed by atoms with Crippen molar-refractivity contribution in [2.45, 2.75) is 54.9 Å². The maximum Gasteiger partial charge on any atom is 0.331 e. The molecule has 8 N–H and O–H groups in total. The summed E-state index contributed by atoms with van der Waals surface area (Å²) in [5.74, 6) is -2.59. The quantitative estimate of drug-likeness (QED) is 0.0947. The van der Waals surface area contributed by atoms with Crippen LogP contribution in [0.4, 0.5) is 0 Å². The van der Waals surface area contributed by atoms with Crippen LogP contribution in [0.2, 0.25) is 0 Å². The van der Waals surface area contributed by atoms with Crippen LogP contribution in [0.5, 0.6) is 23.0 Å². The molecule has 2 aromatic carbocycles. The van der Waals surface area contributed by atoms with Crippen molar-refractivity contribution in [3.05, 3.63) is 59.7 Å². The first-order valence-electron chi connectivity index (χ1n) is 15.1. The van der Waals surface area contributed by atoms with E-state index in [0.29, 0.717) is 11.1 Å². The fourth-order valence-electron chi connectivity index (χ4n) is 5.57. The summed E-state index contributed by atoms with van der Waals surface area (Å²) in [4.78, 5) is 25.1. The summed E-state index contributed by atoms with van der Waals surface area (Å²) < 4.78 is 32.1. The van der Waals surface area contributed by atoms with E-state index in [1.165, 1.54) is 62.8 Å². The molecule has 0 radical (unpaired) electrons. The van der Waals surface area contributed by atoms with Crippen LogP contribution in [0.3, 0.4) is 0 Å². The normalized spacial score (nSPS) is 30.0. The number of carbonyl (C=O) groups is 2. The van der Waals surface area contributed by atoms with Gasteiger partial charge in [-0.1, -0.05) is 12.1 Å². The van der Waals surface area contributed by atoms with E-state index < -0.39 is 86.2 Å². The molecule has 1 saturated carbocycles. The number of aliphatic hydroxyl groups is 6. The number of ether oxygens (including phenoxy) is 6. The number of phenolic OH excluding ortho intramolecular Hbond substituents is 2. The van der Waals surface area contributed by atoms with Gasteiger partial charge in [0.25, 0.3) is 0 Å². The Bertz CT molecular complexity index is 1510. The van der Waals surface area contributed by atoms with Crippen molar-refractivity contribution in [2.24, 2.45) is 5.92 Å². The monoisotopic (exact) mass is 692 g/mol. The molecule has 2 aliphatic rings. The van der Waals surface area contributed by atoms with Crippen molar-refractivity contribution in [1.82, 2.24) is 0 Å². The lowest BCUT2D eigenvalue weighted by Crippen LogP contribution is -2.62. The molecule has 1 saturated heterocycles. The molecule has 49 heavy (non-hydrogen) atoms. The van der Waals surface area contributed by atoms with Crippen LogP contribution in [0.25, 0.3) is 12.2 Å². The molecule has 1 aliphatic heterocycles. The van der Waals surface area contributed by atoms with Crippen LogP contribution >= 0.6 is 0 Å². The number of carbonyl (C=O) groups excluding carboxylic acids is 2. The van der Waals surface area contributed by atoms with Gasteiger partial charge in [-0.2, -0.15) is 0 Å². The molecule has 16 heteroatoms. The van der Waals surface area contributed by atoms with Crippen molar-refractivity contribution in [2.75, 3.05) is 34.0 Å². The van der Waals surface area contributed by atoms with Gasteiger partial charge in [0.05, 0.1) is 20.8 Å². The Morgan fingerprint density at radius 1 is 0.857 bits per heavy atom. The lowest BCUT2D eigenvalue weighted by atomic mass is 9.96. The van der Waals surface area contributed by atoms with Gasteiger partial charge in [0.2, 0.25) is 0 Å². The Balaban J connectivity index is 1.41. The van der Waals surface area contributed by atoms with Crippen molar-refractivity contribution >= 4 is 24.1 Å². The number of hydrogen-bond donors (Lipinski definition) is 8. The van der Waals surface area contributed by atoms with Crippen molar-refractivity contribution in [1.29, 1.82) is 0 Å². The van der Waals surface area contributed by atoms with Gasteiger partial charge >= 0.3 is 11.9 Å². The lowest BCUT2D eigenvalue weighted by molar-refractivity contribution is -0.339. The SMILES string of the molecule is COc1cc(C=CC(=O)OC[C@H]2O[C@H](O[C@]3(CO)C[C@H](CO)[C@@H](OC(=O)C=Cc4ccc(O)c(OC)c4)[C@@H]3O)[C@H](O)[C@@H](O)[C@@H]2O)ccc1O. The zero-order valence-corrected chi connectivity index (χ0v) is 26.6. The molecule has 2 aromatic rings. The average molecular weight is 693 g/mol. The first-order chi connectivity index (χ1) is 23.4. The third-order valence-electron chi connectivity index (χ3n) is 8.32. The van der Waals surface area contributed by atoms with Gasteiger partial charge in [-0.3, -0.25) is 0 Å². The number of phenols is 2. The number of aliphatic hydroxyl groups excluding tert-OH is 6. The number of methoxy groups -OCH3 is 2. The van der Waals surface area contributed by atoms with E-state index in [-0.39, 0.29) is 29.4 Å². The van der Waals surface area contributed by atoms with Crippen molar-refractivity contribution in [3.63, 3.8) is 0 Å². The van der Waals surface area contributed by atoms with Gasteiger partial charge in [-0.25, -0.2) is 9.59 Å². The lowest BCUT2D eigenvalue weighted by Gasteiger charge is -2.44. The summed E-state index contributed by atoms with van der Waals surface area (Å²) in [5.41, 5.74) is -1.00. The predicted molar refractivity (Wildman–Crippen MR) is 167 cm³/mol. The second-order valence-corrected chi connectivity index (χ2v) is 11.5. The fraction of sp³-hybridized carbons (Fsp3) is 0.455. The zero-order chi connectivity index (χ0) is 35.9. The molecule has 0 amide bonds. The van der Waals surface area contributed by atoms with Gasteiger partial charge in [-0.05, 0) is 54.0 Å². The molecule has 268 valence electrons.